The van der Waals surface area contributed by atoms with Crippen molar-refractivity contribution in [3.8, 4) is 0 Å². The van der Waals surface area contributed by atoms with Crippen molar-refractivity contribution in [2.45, 2.75) is 41.9 Å². The molecule has 0 aliphatic carbocycles. The van der Waals surface area contributed by atoms with E-state index in [-0.39, 0.29) is 5.75 Å². The van der Waals surface area contributed by atoms with Crippen LogP contribution in [0.15, 0.2) is 71.2 Å². The molecule has 2 aromatic carbocycles. The van der Waals surface area contributed by atoms with Gasteiger partial charge in [-0.05, 0) is 31.5 Å². The number of hydrogen-bond donors (Lipinski definition) is 0. The van der Waals surface area contributed by atoms with E-state index in [0.29, 0.717) is 22.4 Å². The summed E-state index contributed by atoms with van der Waals surface area (Å²) in [6.45, 7) is 8.21. The van der Waals surface area contributed by atoms with E-state index in [1.54, 1.807) is 30.3 Å². The number of rotatable bonds is 8. The van der Waals surface area contributed by atoms with Crippen LogP contribution in [0.2, 0.25) is 0 Å². The molecule has 0 saturated carbocycles. The van der Waals surface area contributed by atoms with Crippen molar-refractivity contribution in [2.75, 3.05) is 0 Å². The van der Waals surface area contributed by atoms with Gasteiger partial charge in [0.15, 0.2) is 15.0 Å². The van der Waals surface area contributed by atoms with Crippen LogP contribution in [-0.4, -0.2) is 23.2 Å². The first kappa shape index (κ1) is 20.4. The molecule has 0 aliphatic rings. The molecule has 1 heterocycles. The van der Waals surface area contributed by atoms with Crippen LogP contribution in [-0.2, 0) is 27.9 Å². The minimum absolute atomic E-state index is 0.192. The number of aromatic nitrogens is 3. The predicted octanol–water partition coefficient (Wildman–Crippen LogP) is 4.35. The Labute approximate surface area is 170 Å². The van der Waals surface area contributed by atoms with Gasteiger partial charge in [0.05, 0.1) is 4.90 Å². The zero-order valence-electron chi connectivity index (χ0n) is 16.0. The van der Waals surface area contributed by atoms with Gasteiger partial charge in [-0.3, -0.25) is 0 Å². The molecule has 0 unspecified atom stereocenters. The Balaban J connectivity index is 1.80. The molecule has 0 spiro atoms. The van der Waals surface area contributed by atoms with Gasteiger partial charge in [-0.25, -0.2) is 8.42 Å². The molecule has 28 heavy (non-hydrogen) atoms. The second-order valence-electron chi connectivity index (χ2n) is 6.64. The molecule has 3 aromatic rings. The molecule has 0 N–H and O–H groups in total. The highest BCUT2D eigenvalue weighted by Gasteiger charge is 2.21. The van der Waals surface area contributed by atoms with Crippen LogP contribution in [0.25, 0.3) is 0 Å². The molecule has 0 aliphatic heterocycles. The molecular formula is C21H23N3O2S2. The summed E-state index contributed by atoms with van der Waals surface area (Å²) in [4.78, 5) is 0.292. The topological polar surface area (TPSA) is 64.8 Å². The first-order valence-corrected chi connectivity index (χ1v) is 11.5. The maximum absolute atomic E-state index is 12.8. The van der Waals surface area contributed by atoms with Crippen molar-refractivity contribution >= 4 is 21.6 Å². The number of sulfone groups is 1. The number of thioether (sulfide) groups is 1. The van der Waals surface area contributed by atoms with Gasteiger partial charge < -0.3 is 4.57 Å². The summed E-state index contributed by atoms with van der Waals surface area (Å²) in [6, 6.07) is 15.2. The van der Waals surface area contributed by atoms with E-state index in [1.165, 1.54) is 22.9 Å². The maximum Gasteiger partial charge on any atom is 0.191 e. The predicted molar refractivity (Wildman–Crippen MR) is 113 cm³/mol. The van der Waals surface area contributed by atoms with Crippen LogP contribution in [0.1, 0.15) is 22.5 Å². The summed E-state index contributed by atoms with van der Waals surface area (Å²) >= 11 is 1.54. The lowest BCUT2D eigenvalue weighted by atomic mass is 10.2. The maximum atomic E-state index is 12.8. The number of allylic oxidation sites excluding steroid dienone is 1. The van der Waals surface area contributed by atoms with Crippen molar-refractivity contribution in [1.82, 2.24) is 14.8 Å². The Morgan fingerprint density at radius 1 is 1.00 bits per heavy atom. The van der Waals surface area contributed by atoms with Crippen molar-refractivity contribution in [3.63, 3.8) is 0 Å². The molecule has 5 nitrogen and oxygen atoms in total. The summed E-state index contributed by atoms with van der Waals surface area (Å²) in [6.07, 6.45) is 1.72. The quantitative estimate of drug-likeness (QED) is 0.406. The molecule has 0 bridgehead atoms. The van der Waals surface area contributed by atoms with E-state index in [0.717, 1.165) is 11.3 Å². The molecule has 1 aromatic heterocycles. The highest BCUT2D eigenvalue weighted by Crippen LogP contribution is 2.24. The molecule has 0 amide bonds. The van der Waals surface area contributed by atoms with Gasteiger partial charge in [0, 0.05) is 12.3 Å². The summed E-state index contributed by atoms with van der Waals surface area (Å²) in [5.41, 5.74) is 3.41. The summed E-state index contributed by atoms with van der Waals surface area (Å²) < 4.78 is 27.4. The standard InChI is InChI=1S/C21H23N3O2S2/c1-4-13-24-20(15-28(25,26)19-11-7-17(3)8-12-19)22-23-21(24)27-14-18-9-5-16(2)6-10-18/h4-12H,1,13-15H2,2-3H3. The average molecular weight is 414 g/mol. The summed E-state index contributed by atoms with van der Waals surface area (Å²) in [5, 5.41) is 9.07. The van der Waals surface area contributed by atoms with Crippen molar-refractivity contribution < 1.29 is 8.42 Å². The van der Waals surface area contributed by atoms with E-state index >= 15 is 0 Å². The Bertz CT molecular complexity index is 1050. The molecule has 0 fully saturated rings. The monoisotopic (exact) mass is 413 g/mol. The minimum atomic E-state index is -3.50. The van der Waals surface area contributed by atoms with Crippen LogP contribution in [0.5, 0.6) is 0 Å². The van der Waals surface area contributed by atoms with Crippen LogP contribution < -0.4 is 0 Å². The molecule has 0 radical (unpaired) electrons. The highest BCUT2D eigenvalue weighted by molar-refractivity contribution is 7.98. The van der Waals surface area contributed by atoms with E-state index in [9.17, 15) is 8.42 Å². The first-order chi connectivity index (χ1) is 13.4. The van der Waals surface area contributed by atoms with Gasteiger partial charge in [-0.15, -0.1) is 16.8 Å². The van der Waals surface area contributed by atoms with Gasteiger partial charge in [-0.2, -0.15) is 0 Å². The third kappa shape index (κ3) is 4.91. The van der Waals surface area contributed by atoms with Crippen LogP contribution in [0.3, 0.4) is 0 Å². The Morgan fingerprint density at radius 2 is 1.61 bits per heavy atom. The number of hydrogen-bond acceptors (Lipinski definition) is 5. The second-order valence-corrected chi connectivity index (χ2v) is 9.58. The fraction of sp³-hybridized carbons (Fsp3) is 0.238. The zero-order chi connectivity index (χ0) is 20.1. The number of aryl methyl sites for hydroxylation is 2. The Hall–Kier alpha value is -2.38. The fourth-order valence-electron chi connectivity index (χ4n) is 2.68. The number of nitrogens with zero attached hydrogens (tertiary/aromatic N) is 3. The molecular weight excluding hydrogens is 390 g/mol. The molecule has 3 rings (SSSR count). The lowest BCUT2D eigenvalue weighted by Crippen LogP contribution is -2.11. The van der Waals surface area contributed by atoms with Crippen LogP contribution in [0, 0.1) is 13.8 Å². The summed E-state index contributed by atoms with van der Waals surface area (Å²) in [5.74, 6) is 0.967. The molecule has 7 heteroatoms. The number of benzene rings is 2. The zero-order valence-corrected chi connectivity index (χ0v) is 17.6. The van der Waals surface area contributed by atoms with Gasteiger partial charge in [-0.1, -0.05) is 65.4 Å². The Morgan fingerprint density at radius 3 is 2.21 bits per heavy atom. The van der Waals surface area contributed by atoms with Gasteiger partial charge in [0.1, 0.15) is 11.6 Å². The lowest BCUT2D eigenvalue weighted by Gasteiger charge is -2.09. The van der Waals surface area contributed by atoms with E-state index in [2.05, 4.69) is 48.0 Å². The van der Waals surface area contributed by atoms with Gasteiger partial charge in [0.2, 0.25) is 0 Å². The lowest BCUT2D eigenvalue weighted by molar-refractivity contribution is 0.590. The normalized spacial score (nSPS) is 11.5. The summed E-state index contributed by atoms with van der Waals surface area (Å²) in [7, 11) is -3.50. The SMILES string of the molecule is C=CCn1c(CS(=O)(=O)c2ccc(C)cc2)nnc1SCc1ccc(C)cc1. The third-order valence-electron chi connectivity index (χ3n) is 4.29. The first-order valence-electron chi connectivity index (χ1n) is 8.90. The minimum Gasteiger partial charge on any atom is -0.301 e. The van der Waals surface area contributed by atoms with E-state index in [1.807, 2.05) is 11.5 Å². The largest absolute Gasteiger partial charge is 0.301 e. The molecule has 0 atom stereocenters. The van der Waals surface area contributed by atoms with Crippen LogP contribution >= 0.6 is 11.8 Å². The van der Waals surface area contributed by atoms with Crippen molar-refractivity contribution in [2.24, 2.45) is 0 Å². The Kier molecular flexibility index (Phi) is 6.36. The molecule has 0 saturated heterocycles. The van der Waals surface area contributed by atoms with Gasteiger partial charge >= 0.3 is 0 Å². The van der Waals surface area contributed by atoms with Gasteiger partial charge in [0.25, 0.3) is 0 Å². The van der Waals surface area contributed by atoms with E-state index < -0.39 is 9.84 Å². The average Bonchev–Trinajstić information content (AvgIpc) is 3.03. The highest BCUT2D eigenvalue weighted by atomic mass is 32.2. The fourth-order valence-corrected chi connectivity index (χ4v) is 4.87. The molecule has 146 valence electrons. The second kappa shape index (κ2) is 8.75. The smallest absolute Gasteiger partial charge is 0.191 e. The van der Waals surface area contributed by atoms with Crippen LogP contribution in [0.4, 0.5) is 0 Å². The van der Waals surface area contributed by atoms with E-state index in [4.69, 9.17) is 0 Å². The van der Waals surface area contributed by atoms with Crippen molar-refractivity contribution in [1.29, 1.82) is 0 Å². The van der Waals surface area contributed by atoms with Crippen molar-refractivity contribution in [3.05, 3.63) is 83.7 Å². The third-order valence-corrected chi connectivity index (χ3v) is 6.96.